The second kappa shape index (κ2) is 3.88. The van der Waals surface area contributed by atoms with Gasteiger partial charge in [0, 0.05) is 11.6 Å². The lowest BCUT2D eigenvalue weighted by molar-refractivity contribution is 0.403. The van der Waals surface area contributed by atoms with Crippen LogP contribution in [0.2, 0.25) is 0 Å². The molecule has 5 heteroatoms. The molecule has 15 heavy (non-hydrogen) atoms. The van der Waals surface area contributed by atoms with E-state index < -0.39 is 7.12 Å². The van der Waals surface area contributed by atoms with Crippen molar-refractivity contribution in [2.24, 2.45) is 0 Å². The van der Waals surface area contributed by atoms with Crippen LogP contribution in [0.25, 0.3) is 10.8 Å². The number of pyridine rings is 1. The van der Waals surface area contributed by atoms with Gasteiger partial charge >= 0.3 is 7.12 Å². The van der Waals surface area contributed by atoms with E-state index in [9.17, 15) is 0 Å². The zero-order valence-corrected chi connectivity index (χ0v) is 8.21. The maximum Gasteiger partial charge on any atom is 0.488 e. The summed E-state index contributed by atoms with van der Waals surface area (Å²) in [5, 5.41) is 19.8. The lowest BCUT2D eigenvalue weighted by atomic mass is 9.79. The van der Waals surface area contributed by atoms with Crippen LogP contribution < -0.4 is 10.2 Å². The maximum atomic E-state index is 9.02. The van der Waals surface area contributed by atoms with Gasteiger partial charge in [0.25, 0.3) is 0 Å². The molecule has 1 aromatic carbocycles. The van der Waals surface area contributed by atoms with E-state index in [1.807, 2.05) is 0 Å². The van der Waals surface area contributed by atoms with E-state index in [0.29, 0.717) is 11.3 Å². The molecule has 0 amide bonds. The molecule has 0 atom stereocenters. The van der Waals surface area contributed by atoms with Crippen LogP contribution in [-0.2, 0) is 0 Å². The Morgan fingerprint density at radius 2 is 2.07 bits per heavy atom. The van der Waals surface area contributed by atoms with E-state index in [4.69, 9.17) is 14.8 Å². The highest BCUT2D eigenvalue weighted by Crippen LogP contribution is 2.21. The number of benzene rings is 1. The van der Waals surface area contributed by atoms with Crippen molar-refractivity contribution < 1.29 is 14.8 Å². The largest absolute Gasteiger partial charge is 0.488 e. The minimum Gasteiger partial charge on any atom is -0.481 e. The minimum atomic E-state index is -1.45. The van der Waals surface area contributed by atoms with Crippen molar-refractivity contribution in [2.45, 2.75) is 0 Å². The fourth-order valence-electron chi connectivity index (χ4n) is 1.49. The lowest BCUT2D eigenvalue weighted by Gasteiger charge is -2.05. The summed E-state index contributed by atoms with van der Waals surface area (Å²) in [5.41, 5.74) is 0.454. The summed E-state index contributed by atoms with van der Waals surface area (Å²) in [6.07, 6.45) is 1.62. The normalized spacial score (nSPS) is 10.3. The molecule has 0 spiro atoms. The number of nitrogens with zero attached hydrogens (tertiary/aromatic N) is 1. The van der Waals surface area contributed by atoms with Crippen molar-refractivity contribution in [3.8, 4) is 5.88 Å². The Morgan fingerprint density at radius 1 is 1.27 bits per heavy atom. The van der Waals surface area contributed by atoms with Crippen molar-refractivity contribution in [3.63, 3.8) is 0 Å². The smallest absolute Gasteiger partial charge is 0.481 e. The molecule has 0 aliphatic heterocycles. The zero-order chi connectivity index (χ0) is 10.8. The molecule has 4 nitrogen and oxygen atoms in total. The highest BCUT2D eigenvalue weighted by molar-refractivity contribution is 6.58. The first-order valence-corrected chi connectivity index (χ1v) is 4.51. The molecule has 1 aromatic heterocycles. The molecule has 0 saturated heterocycles. The van der Waals surface area contributed by atoms with Crippen molar-refractivity contribution in [1.29, 1.82) is 0 Å². The van der Waals surface area contributed by atoms with Gasteiger partial charge in [-0.3, -0.25) is 0 Å². The third kappa shape index (κ3) is 1.79. The second-order valence-corrected chi connectivity index (χ2v) is 3.17. The van der Waals surface area contributed by atoms with E-state index in [-0.39, 0.29) is 0 Å². The maximum absolute atomic E-state index is 9.02. The zero-order valence-electron chi connectivity index (χ0n) is 8.21. The molecule has 0 saturated carbocycles. The van der Waals surface area contributed by atoms with E-state index >= 15 is 0 Å². The fourth-order valence-corrected chi connectivity index (χ4v) is 1.49. The Morgan fingerprint density at radius 3 is 2.73 bits per heavy atom. The Kier molecular flexibility index (Phi) is 2.57. The summed E-state index contributed by atoms with van der Waals surface area (Å²) in [7, 11) is 0.102. The van der Waals surface area contributed by atoms with Crippen molar-refractivity contribution in [2.75, 3.05) is 7.11 Å². The van der Waals surface area contributed by atoms with E-state index in [1.165, 1.54) is 0 Å². The molecule has 76 valence electrons. The van der Waals surface area contributed by atoms with Crippen molar-refractivity contribution in [3.05, 3.63) is 30.5 Å². The number of methoxy groups -OCH3 is 1. The molecule has 2 rings (SSSR count). The molecule has 0 unspecified atom stereocenters. The molecule has 0 bridgehead atoms. The molecule has 2 aromatic rings. The van der Waals surface area contributed by atoms with Gasteiger partial charge < -0.3 is 14.8 Å². The first-order valence-electron chi connectivity index (χ1n) is 4.51. The topological polar surface area (TPSA) is 62.6 Å². The highest BCUT2D eigenvalue weighted by atomic mass is 16.5. The van der Waals surface area contributed by atoms with Crippen LogP contribution in [0.15, 0.2) is 30.5 Å². The van der Waals surface area contributed by atoms with Crippen LogP contribution in [0.1, 0.15) is 0 Å². The Bertz CT molecular complexity index is 487. The molecule has 2 N–H and O–H groups in total. The number of aromatic nitrogens is 1. The minimum absolute atomic E-state index is 0.454. The first kappa shape index (κ1) is 9.95. The van der Waals surface area contributed by atoms with E-state index in [1.54, 1.807) is 37.6 Å². The van der Waals surface area contributed by atoms with Gasteiger partial charge in [0.15, 0.2) is 0 Å². The summed E-state index contributed by atoms with van der Waals surface area (Å²) in [6.45, 7) is 0. The fraction of sp³-hybridized carbons (Fsp3) is 0.100. The molecule has 0 aliphatic rings. The van der Waals surface area contributed by atoms with Gasteiger partial charge in [-0.1, -0.05) is 12.1 Å². The van der Waals surface area contributed by atoms with E-state index in [2.05, 4.69) is 4.98 Å². The van der Waals surface area contributed by atoms with Crippen LogP contribution in [0, 0.1) is 0 Å². The summed E-state index contributed by atoms with van der Waals surface area (Å²) >= 11 is 0. The molecular formula is C10H10BNO3. The van der Waals surface area contributed by atoms with Gasteiger partial charge in [-0.05, 0) is 23.0 Å². The second-order valence-electron chi connectivity index (χ2n) is 3.17. The van der Waals surface area contributed by atoms with Crippen LogP contribution in [-0.4, -0.2) is 29.3 Å². The number of fused-ring (bicyclic) bond motifs is 1. The molecule has 0 aliphatic carbocycles. The Labute approximate surface area is 87.3 Å². The first-order chi connectivity index (χ1) is 7.22. The average Bonchev–Trinajstić information content (AvgIpc) is 2.27. The summed E-state index contributed by atoms with van der Waals surface area (Å²) in [6, 6.07) is 6.89. The van der Waals surface area contributed by atoms with Crippen LogP contribution in [0.5, 0.6) is 5.88 Å². The number of ether oxygens (including phenoxy) is 1. The summed E-state index contributed by atoms with van der Waals surface area (Å²) in [4.78, 5) is 4.05. The molecule has 0 radical (unpaired) electrons. The van der Waals surface area contributed by atoms with Crippen LogP contribution in [0.4, 0.5) is 0 Å². The van der Waals surface area contributed by atoms with Crippen LogP contribution >= 0.6 is 0 Å². The SMILES string of the molecule is COc1nccc2cc(B(O)O)ccc12. The molecule has 0 fully saturated rings. The van der Waals surface area contributed by atoms with Gasteiger partial charge in [0.2, 0.25) is 5.88 Å². The summed E-state index contributed by atoms with van der Waals surface area (Å²) < 4.78 is 5.09. The third-order valence-corrected chi connectivity index (χ3v) is 2.24. The molecule has 1 heterocycles. The third-order valence-electron chi connectivity index (χ3n) is 2.24. The predicted molar refractivity (Wildman–Crippen MR) is 58.1 cm³/mol. The number of rotatable bonds is 2. The van der Waals surface area contributed by atoms with Gasteiger partial charge in [-0.2, -0.15) is 0 Å². The lowest BCUT2D eigenvalue weighted by Crippen LogP contribution is -2.29. The van der Waals surface area contributed by atoms with Crippen molar-refractivity contribution >= 4 is 23.4 Å². The average molecular weight is 203 g/mol. The van der Waals surface area contributed by atoms with Gasteiger partial charge in [0.1, 0.15) is 0 Å². The van der Waals surface area contributed by atoms with Gasteiger partial charge in [-0.25, -0.2) is 4.98 Å². The van der Waals surface area contributed by atoms with E-state index in [0.717, 1.165) is 10.8 Å². The predicted octanol–water partition coefficient (Wildman–Crippen LogP) is -0.0768. The Balaban J connectivity index is 2.63. The quantitative estimate of drug-likeness (QED) is 0.670. The number of hydrogen-bond acceptors (Lipinski definition) is 4. The van der Waals surface area contributed by atoms with Gasteiger partial charge in [-0.15, -0.1) is 0 Å². The van der Waals surface area contributed by atoms with Gasteiger partial charge in [0.05, 0.1) is 7.11 Å². The standard InChI is InChI=1S/C10H10BNO3/c1-15-10-9-3-2-8(11(13)14)6-7(9)4-5-12-10/h2-6,13-14H,1H3. The Hall–Kier alpha value is -1.59. The van der Waals surface area contributed by atoms with Crippen molar-refractivity contribution in [1.82, 2.24) is 4.98 Å². The summed E-state index contributed by atoms with van der Waals surface area (Å²) in [5.74, 6) is 0.534. The number of hydrogen-bond donors (Lipinski definition) is 2. The monoisotopic (exact) mass is 203 g/mol. The van der Waals surface area contributed by atoms with Crippen LogP contribution in [0.3, 0.4) is 0 Å². The highest BCUT2D eigenvalue weighted by Gasteiger charge is 2.12. The molecular weight excluding hydrogens is 193 g/mol.